The second-order valence-electron chi connectivity index (χ2n) is 8.03. The normalized spacial score (nSPS) is 16.0. The van der Waals surface area contributed by atoms with Gasteiger partial charge in [-0.05, 0) is 47.5 Å². The van der Waals surface area contributed by atoms with Gasteiger partial charge in [-0.25, -0.2) is 0 Å². The lowest BCUT2D eigenvalue weighted by Gasteiger charge is -2.35. The fourth-order valence-corrected chi connectivity index (χ4v) is 5.10. The number of carbonyl (C=O) groups is 1. The molecular formula is C24H27N3O5S. The minimum Gasteiger partial charge on any atom is -0.489 e. The Morgan fingerprint density at radius 1 is 1.00 bits per heavy atom. The first kappa shape index (κ1) is 23.0. The molecular weight excluding hydrogens is 442 g/mol. The minimum atomic E-state index is -3.83. The van der Waals surface area contributed by atoms with E-state index >= 15 is 0 Å². The molecule has 1 fully saturated rings. The molecule has 1 aliphatic heterocycles. The van der Waals surface area contributed by atoms with Gasteiger partial charge >= 0.3 is 5.97 Å². The van der Waals surface area contributed by atoms with Gasteiger partial charge in [-0.3, -0.25) is 4.79 Å². The van der Waals surface area contributed by atoms with Crippen LogP contribution in [-0.4, -0.2) is 56.0 Å². The zero-order valence-electron chi connectivity index (χ0n) is 18.3. The van der Waals surface area contributed by atoms with Crippen molar-refractivity contribution in [2.24, 2.45) is 0 Å². The van der Waals surface area contributed by atoms with Crippen molar-refractivity contribution < 1.29 is 23.1 Å². The lowest BCUT2D eigenvalue weighted by atomic mass is 10.1. The van der Waals surface area contributed by atoms with Crippen LogP contribution in [-0.2, 0) is 21.6 Å². The van der Waals surface area contributed by atoms with E-state index in [0.717, 1.165) is 22.4 Å². The molecule has 3 aromatic carbocycles. The Balaban J connectivity index is 1.31. The number of ether oxygens (including phenoxy) is 1. The molecule has 0 radical (unpaired) electrons. The van der Waals surface area contributed by atoms with Crippen molar-refractivity contribution in [2.45, 2.75) is 19.6 Å². The second kappa shape index (κ2) is 9.78. The molecule has 1 saturated heterocycles. The molecule has 0 saturated carbocycles. The zero-order valence-corrected chi connectivity index (χ0v) is 19.2. The number of hydrogen-bond donors (Lipinski definition) is 2. The quantitative estimate of drug-likeness (QED) is 0.526. The van der Waals surface area contributed by atoms with Crippen molar-refractivity contribution >= 4 is 32.6 Å². The summed E-state index contributed by atoms with van der Waals surface area (Å²) in [6.07, 6.45) is 0. The molecule has 0 aromatic heterocycles. The number of carboxylic acid groups (broad SMARTS) is 1. The van der Waals surface area contributed by atoms with Crippen molar-refractivity contribution in [3.05, 3.63) is 72.3 Å². The number of anilines is 1. The number of rotatable bonds is 8. The van der Waals surface area contributed by atoms with E-state index in [2.05, 4.69) is 21.8 Å². The molecule has 0 bridgehead atoms. The summed E-state index contributed by atoms with van der Waals surface area (Å²) in [6.45, 7) is 3.38. The third kappa shape index (κ3) is 5.62. The van der Waals surface area contributed by atoms with Gasteiger partial charge in [0, 0.05) is 31.9 Å². The second-order valence-corrected chi connectivity index (χ2v) is 9.74. The molecule has 0 aliphatic carbocycles. The predicted octanol–water partition coefficient (Wildman–Crippen LogP) is 2.85. The number of nitrogens with zero attached hydrogens (tertiary/aromatic N) is 2. The summed E-state index contributed by atoms with van der Waals surface area (Å²) in [7, 11) is -3.83. The van der Waals surface area contributed by atoms with Crippen molar-refractivity contribution in [1.29, 1.82) is 0 Å². The molecule has 1 heterocycles. The maximum Gasteiger partial charge on any atom is 0.321 e. The van der Waals surface area contributed by atoms with Crippen LogP contribution in [0.2, 0.25) is 0 Å². The van der Waals surface area contributed by atoms with Crippen LogP contribution in [0.3, 0.4) is 0 Å². The molecule has 33 heavy (non-hydrogen) atoms. The van der Waals surface area contributed by atoms with E-state index < -0.39 is 22.2 Å². The van der Waals surface area contributed by atoms with Crippen LogP contribution in [0, 0.1) is 0 Å². The summed E-state index contributed by atoms with van der Waals surface area (Å²) in [4.78, 5) is 13.1. The largest absolute Gasteiger partial charge is 0.489 e. The third-order valence-corrected chi connectivity index (χ3v) is 7.40. The van der Waals surface area contributed by atoms with Crippen molar-refractivity contribution in [1.82, 2.24) is 9.03 Å². The first-order valence-corrected chi connectivity index (χ1v) is 12.2. The highest BCUT2D eigenvalue weighted by Crippen LogP contribution is 2.23. The molecule has 174 valence electrons. The van der Waals surface area contributed by atoms with E-state index in [-0.39, 0.29) is 13.1 Å². The van der Waals surface area contributed by atoms with Crippen molar-refractivity contribution in [3.63, 3.8) is 0 Å². The van der Waals surface area contributed by atoms with Gasteiger partial charge in [-0.2, -0.15) is 17.4 Å². The van der Waals surface area contributed by atoms with Gasteiger partial charge in [-0.1, -0.05) is 42.5 Å². The minimum absolute atomic E-state index is 0.286. The third-order valence-electron chi connectivity index (χ3n) is 5.70. The fourth-order valence-electron chi connectivity index (χ4n) is 3.76. The highest BCUT2D eigenvalue weighted by atomic mass is 32.2. The predicted molar refractivity (Wildman–Crippen MR) is 128 cm³/mol. The molecule has 4 rings (SSSR count). The number of aliphatic carboxylic acids is 1. The van der Waals surface area contributed by atoms with Gasteiger partial charge in [0.2, 0.25) is 0 Å². The van der Waals surface area contributed by atoms with Gasteiger partial charge < -0.3 is 14.7 Å². The average Bonchev–Trinajstić information content (AvgIpc) is 2.82. The Bertz CT molecular complexity index is 1220. The Morgan fingerprint density at radius 3 is 2.33 bits per heavy atom. The molecule has 0 amide bonds. The standard InChI is InChI=1S/C24H27N3O5S/c1-18(24(28)29)25-33(30,31)27-14-12-26(13-15-27)22-9-6-19(7-10-22)17-32-23-11-8-20-4-2-3-5-21(20)16-23/h2-11,16,18,25H,12-15,17H2,1H3,(H,28,29)/t18-/m1/s1. The van der Waals surface area contributed by atoms with Crippen LogP contribution < -0.4 is 14.4 Å². The molecule has 8 nitrogen and oxygen atoms in total. The van der Waals surface area contributed by atoms with Crippen LogP contribution in [0.4, 0.5) is 5.69 Å². The first-order valence-electron chi connectivity index (χ1n) is 10.8. The monoisotopic (exact) mass is 469 g/mol. The Morgan fingerprint density at radius 2 is 1.67 bits per heavy atom. The average molecular weight is 470 g/mol. The molecule has 9 heteroatoms. The van der Waals surface area contributed by atoms with Crippen molar-refractivity contribution in [3.8, 4) is 5.75 Å². The van der Waals surface area contributed by atoms with Gasteiger partial charge in [0.05, 0.1) is 0 Å². The maximum atomic E-state index is 12.4. The van der Waals surface area contributed by atoms with Gasteiger partial charge in [-0.15, -0.1) is 0 Å². The summed E-state index contributed by atoms with van der Waals surface area (Å²) in [5.74, 6) is -0.386. The van der Waals surface area contributed by atoms with E-state index in [4.69, 9.17) is 9.84 Å². The molecule has 1 atom stereocenters. The van der Waals surface area contributed by atoms with Crippen molar-refractivity contribution in [2.75, 3.05) is 31.1 Å². The molecule has 0 unspecified atom stereocenters. The van der Waals surface area contributed by atoms with E-state index in [9.17, 15) is 13.2 Å². The van der Waals surface area contributed by atoms with E-state index in [1.807, 2.05) is 54.6 Å². The van der Waals surface area contributed by atoms with E-state index in [1.54, 1.807) is 0 Å². The Hall–Kier alpha value is -3.14. The van der Waals surface area contributed by atoms with Gasteiger partial charge in [0.15, 0.2) is 0 Å². The number of hydrogen-bond acceptors (Lipinski definition) is 5. The lowest BCUT2D eigenvalue weighted by Crippen LogP contribution is -2.54. The topological polar surface area (TPSA) is 99.2 Å². The molecule has 2 N–H and O–H groups in total. The van der Waals surface area contributed by atoms with E-state index in [0.29, 0.717) is 19.7 Å². The van der Waals surface area contributed by atoms with Crippen LogP contribution in [0.5, 0.6) is 5.75 Å². The SMILES string of the molecule is C[C@@H](NS(=O)(=O)N1CCN(c2ccc(COc3ccc4ccccc4c3)cc2)CC1)C(=O)O. The Kier molecular flexibility index (Phi) is 6.83. The van der Waals surface area contributed by atoms with E-state index in [1.165, 1.54) is 16.6 Å². The molecule has 1 aliphatic rings. The Labute approximate surface area is 193 Å². The summed E-state index contributed by atoms with van der Waals surface area (Å²) in [6, 6.07) is 21.1. The zero-order chi connectivity index (χ0) is 23.4. The number of carboxylic acids is 1. The van der Waals surface area contributed by atoms with Crippen LogP contribution in [0.25, 0.3) is 10.8 Å². The number of nitrogens with one attached hydrogen (secondary N) is 1. The smallest absolute Gasteiger partial charge is 0.321 e. The number of fused-ring (bicyclic) bond motifs is 1. The lowest BCUT2D eigenvalue weighted by molar-refractivity contribution is -0.138. The highest BCUT2D eigenvalue weighted by molar-refractivity contribution is 7.87. The number of benzene rings is 3. The number of piperazine rings is 1. The van der Waals surface area contributed by atoms with Crippen LogP contribution in [0.1, 0.15) is 12.5 Å². The summed E-state index contributed by atoms with van der Waals surface area (Å²) in [5, 5.41) is 11.3. The highest BCUT2D eigenvalue weighted by Gasteiger charge is 2.29. The summed E-state index contributed by atoms with van der Waals surface area (Å²) >= 11 is 0. The van der Waals surface area contributed by atoms with Gasteiger partial charge in [0.25, 0.3) is 10.2 Å². The van der Waals surface area contributed by atoms with Crippen LogP contribution in [0.15, 0.2) is 66.7 Å². The fraction of sp³-hybridized carbons (Fsp3) is 0.292. The maximum absolute atomic E-state index is 12.4. The first-order chi connectivity index (χ1) is 15.8. The van der Waals surface area contributed by atoms with Crippen LogP contribution >= 0.6 is 0 Å². The molecule has 3 aromatic rings. The van der Waals surface area contributed by atoms with Gasteiger partial charge in [0.1, 0.15) is 18.4 Å². The summed E-state index contributed by atoms with van der Waals surface area (Å²) < 4.78 is 34.2. The molecule has 0 spiro atoms. The summed E-state index contributed by atoms with van der Waals surface area (Å²) in [5.41, 5.74) is 2.05.